The molecule has 0 amide bonds. The molecule has 1 saturated heterocycles. The molecule has 78 valence electrons. The molecular weight excluding hydrogens is 190 g/mol. The first-order chi connectivity index (χ1) is 6.08. The first-order valence-corrected chi connectivity index (χ1v) is 6.22. The average Bonchev–Trinajstić information content (AvgIpc) is 2.54. The van der Waals surface area contributed by atoms with Crippen molar-refractivity contribution < 1.29 is 13.2 Å². The molecule has 0 saturated carbocycles. The predicted molar refractivity (Wildman–Crippen MR) is 51.1 cm³/mol. The second kappa shape index (κ2) is 4.39. The molecule has 0 aromatic rings. The van der Waals surface area contributed by atoms with Crippen molar-refractivity contribution in [1.29, 1.82) is 0 Å². The lowest BCUT2D eigenvalue weighted by molar-refractivity contribution is 0.181. The third kappa shape index (κ3) is 2.65. The lowest BCUT2D eigenvalue weighted by Crippen LogP contribution is -2.38. The minimum Gasteiger partial charge on any atom is -0.380 e. The molecule has 1 unspecified atom stereocenters. The summed E-state index contributed by atoms with van der Waals surface area (Å²) in [7, 11) is -1.40. The van der Waals surface area contributed by atoms with Gasteiger partial charge < -0.3 is 4.74 Å². The van der Waals surface area contributed by atoms with Gasteiger partial charge in [0.25, 0.3) is 0 Å². The molecule has 0 bridgehead atoms. The monoisotopic (exact) mass is 207 g/mol. The molecule has 1 aliphatic rings. The van der Waals surface area contributed by atoms with Crippen LogP contribution in [0.25, 0.3) is 0 Å². The summed E-state index contributed by atoms with van der Waals surface area (Å²) in [4.78, 5) is 0. The van der Waals surface area contributed by atoms with E-state index in [1.54, 1.807) is 7.05 Å². The summed E-state index contributed by atoms with van der Waals surface area (Å²) in [6, 6.07) is 0.0524. The van der Waals surface area contributed by atoms with Crippen LogP contribution in [0.2, 0.25) is 0 Å². The number of likely N-dealkylation sites (N-methyl/N-ethyl adjacent to an activating group) is 1. The van der Waals surface area contributed by atoms with Gasteiger partial charge in [0, 0.05) is 13.7 Å². The van der Waals surface area contributed by atoms with Gasteiger partial charge in [0.15, 0.2) is 0 Å². The minimum absolute atomic E-state index is 0.0524. The Hall–Kier alpha value is -0.130. The Kier molecular flexibility index (Phi) is 3.70. The summed E-state index contributed by atoms with van der Waals surface area (Å²) in [6.45, 7) is 3.09. The van der Waals surface area contributed by atoms with Gasteiger partial charge in [-0.3, -0.25) is 0 Å². The summed E-state index contributed by atoms with van der Waals surface area (Å²) >= 11 is 0. The van der Waals surface area contributed by atoms with E-state index < -0.39 is 10.0 Å². The van der Waals surface area contributed by atoms with Gasteiger partial charge in [-0.2, -0.15) is 4.31 Å². The average molecular weight is 207 g/mol. The molecule has 1 atom stereocenters. The van der Waals surface area contributed by atoms with Crippen LogP contribution in [0.5, 0.6) is 0 Å². The fourth-order valence-electron chi connectivity index (χ4n) is 1.44. The largest absolute Gasteiger partial charge is 0.380 e. The molecule has 0 aromatic heterocycles. The summed E-state index contributed by atoms with van der Waals surface area (Å²) in [5, 5.41) is 0. The van der Waals surface area contributed by atoms with Gasteiger partial charge in [-0.15, -0.1) is 0 Å². The molecule has 0 spiro atoms. The Morgan fingerprint density at radius 3 is 2.69 bits per heavy atom. The number of ether oxygens (including phenoxy) is 1. The van der Waals surface area contributed by atoms with Gasteiger partial charge in [0.1, 0.15) is 0 Å². The van der Waals surface area contributed by atoms with Gasteiger partial charge in [-0.05, 0) is 12.8 Å². The molecule has 13 heavy (non-hydrogen) atoms. The maximum absolute atomic E-state index is 11.6. The Morgan fingerprint density at radius 1 is 1.54 bits per heavy atom. The quantitative estimate of drug-likeness (QED) is 0.672. The summed E-state index contributed by atoms with van der Waals surface area (Å²) < 4.78 is 29.8. The highest BCUT2D eigenvalue weighted by atomic mass is 32.2. The first-order valence-electron chi connectivity index (χ1n) is 4.61. The fraction of sp³-hybridized carbons (Fsp3) is 1.00. The number of hydrogen-bond acceptors (Lipinski definition) is 3. The van der Waals surface area contributed by atoms with Crippen molar-refractivity contribution in [2.24, 2.45) is 0 Å². The Labute approximate surface area is 79.9 Å². The fourth-order valence-corrected chi connectivity index (χ4v) is 2.86. The lowest BCUT2D eigenvalue weighted by atomic mass is 10.3. The zero-order valence-corrected chi connectivity index (χ0v) is 9.01. The van der Waals surface area contributed by atoms with Crippen molar-refractivity contribution in [1.82, 2.24) is 4.31 Å². The molecule has 0 aromatic carbocycles. The first kappa shape index (κ1) is 10.9. The molecule has 0 aliphatic carbocycles. The molecule has 1 fully saturated rings. The lowest BCUT2D eigenvalue weighted by Gasteiger charge is -2.21. The van der Waals surface area contributed by atoms with Gasteiger partial charge in [0.2, 0.25) is 10.0 Å². The zero-order chi connectivity index (χ0) is 9.90. The third-order valence-electron chi connectivity index (χ3n) is 2.32. The number of rotatable bonds is 4. The van der Waals surface area contributed by atoms with E-state index in [4.69, 9.17) is 4.74 Å². The van der Waals surface area contributed by atoms with Crippen molar-refractivity contribution in [2.75, 3.05) is 26.0 Å². The minimum atomic E-state index is -3.04. The molecule has 1 rings (SSSR count). The highest BCUT2D eigenvalue weighted by Crippen LogP contribution is 2.14. The van der Waals surface area contributed by atoms with Crippen LogP contribution in [0.4, 0.5) is 0 Å². The van der Waals surface area contributed by atoms with E-state index in [0.717, 1.165) is 6.42 Å². The highest BCUT2D eigenvalue weighted by molar-refractivity contribution is 7.89. The number of nitrogens with zero attached hydrogens (tertiary/aromatic N) is 1. The number of sulfonamides is 1. The van der Waals surface area contributed by atoms with Crippen LogP contribution in [0, 0.1) is 0 Å². The Balaban J connectivity index is 2.59. The van der Waals surface area contributed by atoms with Crippen LogP contribution in [0.15, 0.2) is 0 Å². The summed E-state index contributed by atoms with van der Waals surface area (Å²) in [5.74, 6) is 0.236. The van der Waals surface area contributed by atoms with Crippen LogP contribution in [0.3, 0.4) is 0 Å². The van der Waals surface area contributed by atoms with E-state index in [0.29, 0.717) is 19.6 Å². The van der Waals surface area contributed by atoms with Gasteiger partial charge in [-0.1, -0.05) is 6.92 Å². The van der Waals surface area contributed by atoms with E-state index in [1.807, 2.05) is 6.92 Å². The number of hydrogen-bond donors (Lipinski definition) is 0. The van der Waals surface area contributed by atoms with Crippen molar-refractivity contribution in [3.63, 3.8) is 0 Å². The van der Waals surface area contributed by atoms with Crippen LogP contribution in [0.1, 0.15) is 19.8 Å². The van der Waals surface area contributed by atoms with Crippen molar-refractivity contribution in [3.05, 3.63) is 0 Å². The van der Waals surface area contributed by atoms with Crippen molar-refractivity contribution in [2.45, 2.75) is 25.8 Å². The van der Waals surface area contributed by atoms with Crippen LogP contribution < -0.4 is 0 Å². The second-order valence-corrected chi connectivity index (χ2v) is 5.50. The van der Waals surface area contributed by atoms with Gasteiger partial charge in [-0.25, -0.2) is 8.42 Å². The van der Waals surface area contributed by atoms with Crippen LogP contribution in [-0.4, -0.2) is 44.8 Å². The standard InChI is InChI=1S/C8H17NO3S/c1-3-6-13(10,11)9(2)8-4-5-12-7-8/h8H,3-7H2,1-2H3. The maximum Gasteiger partial charge on any atom is 0.214 e. The van der Waals surface area contributed by atoms with E-state index >= 15 is 0 Å². The molecule has 1 aliphatic heterocycles. The van der Waals surface area contributed by atoms with E-state index in [1.165, 1.54) is 4.31 Å². The van der Waals surface area contributed by atoms with Crippen molar-refractivity contribution >= 4 is 10.0 Å². The molecule has 0 N–H and O–H groups in total. The normalized spacial score (nSPS) is 24.1. The summed E-state index contributed by atoms with van der Waals surface area (Å²) in [6.07, 6.45) is 1.49. The topological polar surface area (TPSA) is 46.6 Å². The second-order valence-electron chi connectivity index (χ2n) is 3.35. The summed E-state index contributed by atoms with van der Waals surface area (Å²) in [5.41, 5.74) is 0. The molecular formula is C8H17NO3S. The molecule has 0 radical (unpaired) electrons. The van der Waals surface area contributed by atoms with Gasteiger partial charge >= 0.3 is 0 Å². The highest BCUT2D eigenvalue weighted by Gasteiger charge is 2.28. The Morgan fingerprint density at radius 2 is 2.23 bits per heavy atom. The predicted octanol–water partition coefficient (Wildman–Crippen LogP) is 0.447. The maximum atomic E-state index is 11.6. The van der Waals surface area contributed by atoms with Gasteiger partial charge in [0.05, 0.1) is 18.4 Å². The van der Waals surface area contributed by atoms with E-state index in [2.05, 4.69) is 0 Å². The molecule has 5 heteroatoms. The van der Waals surface area contributed by atoms with E-state index in [-0.39, 0.29) is 11.8 Å². The van der Waals surface area contributed by atoms with Crippen LogP contribution >= 0.6 is 0 Å². The third-order valence-corrected chi connectivity index (χ3v) is 4.42. The van der Waals surface area contributed by atoms with Crippen LogP contribution in [-0.2, 0) is 14.8 Å². The van der Waals surface area contributed by atoms with Crippen molar-refractivity contribution in [3.8, 4) is 0 Å². The van der Waals surface area contributed by atoms with E-state index in [9.17, 15) is 8.42 Å². The molecule has 1 heterocycles. The smallest absolute Gasteiger partial charge is 0.214 e. The molecule has 4 nitrogen and oxygen atoms in total. The Bertz CT molecular complexity index is 244. The zero-order valence-electron chi connectivity index (χ0n) is 8.19. The SMILES string of the molecule is CCCS(=O)(=O)N(C)C1CCOC1.